The normalized spacial score (nSPS) is 18.0. The second-order valence-electron chi connectivity index (χ2n) is 7.74. The van der Waals surface area contributed by atoms with E-state index in [0.29, 0.717) is 24.2 Å². The van der Waals surface area contributed by atoms with Crippen LogP contribution in [0, 0.1) is 11.6 Å². The highest BCUT2D eigenvalue weighted by molar-refractivity contribution is 5.31. The first-order chi connectivity index (χ1) is 14.6. The third-order valence-corrected chi connectivity index (χ3v) is 5.60. The van der Waals surface area contributed by atoms with Gasteiger partial charge in [0.1, 0.15) is 11.6 Å². The average molecular weight is 412 g/mol. The Morgan fingerprint density at radius 1 is 1.03 bits per heavy atom. The monoisotopic (exact) mass is 412 g/mol. The molecular weight excluding hydrogens is 386 g/mol. The van der Waals surface area contributed by atoms with Crippen molar-refractivity contribution < 1.29 is 13.9 Å². The van der Waals surface area contributed by atoms with E-state index in [4.69, 9.17) is 0 Å². The molecule has 0 amide bonds. The third-order valence-electron chi connectivity index (χ3n) is 5.60. The lowest BCUT2D eigenvalue weighted by molar-refractivity contribution is 0.0493. The highest BCUT2D eigenvalue weighted by Crippen LogP contribution is 2.20. The van der Waals surface area contributed by atoms with Crippen molar-refractivity contribution in [3.63, 3.8) is 0 Å². The van der Waals surface area contributed by atoms with Gasteiger partial charge in [0.15, 0.2) is 0 Å². The zero-order chi connectivity index (χ0) is 20.9. The molecule has 1 aliphatic heterocycles. The van der Waals surface area contributed by atoms with Gasteiger partial charge < -0.3 is 5.11 Å². The molecule has 1 atom stereocenters. The van der Waals surface area contributed by atoms with E-state index in [0.717, 1.165) is 31.7 Å². The topological polar surface area (TPSA) is 44.5 Å². The summed E-state index contributed by atoms with van der Waals surface area (Å²) in [5.41, 5.74) is 2.42. The smallest absolute Gasteiger partial charge is 0.127 e. The molecular formula is C23H26F2N4O. The predicted molar refractivity (Wildman–Crippen MR) is 111 cm³/mol. The molecule has 1 N–H and O–H groups in total. The zero-order valence-corrected chi connectivity index (χ0v) is 16.8. The Bertz CT molecular complexity index is 977. The van der Waals surface area contributed by atoms with E-state index in [1.54, 1.807) is 23.0 Å². The van der Waals surface area contributed by atoms with Crippen molar-refractivity contribution >= 4 is 0 Å². The van der Waals surface area contributed by atoms with Crippen LogP contribution in [0.3, 0.4) is 0 Å². The van der Waals surface area contributed by atoms with Gasteiger partial charge in [-0.25, -0.2) is 13.5 Å². The molecule has 4 rings (SSSR count). The molecule has 1 fully saturated rings. The van der Waals surface area contributed by atoms with Crippen LogP contribution < -0.4 is 0 Å². The van der Waals surface area contributed by atoms with Gasteiger partial charge in [-0.05, 0) is 30.7 Å². The standard InChI is InChI=1S/C23H26F2N4O/c24-20-5-3-6-21(12-20)29-15-18(13-26-29)14-27-9-10-28(22(17-27)8-11-30)16-19-4-1-2-7-23(19)25/h1-7,12-13,15,22,30H,8-11,14,16-17H2. The number of aliphatic hydroxyl groups is 1. The number of aromatic nitrogens is 2. The summed E-state index contributed by atoms with van der Waals surface area (Å²) in [5.74, 6) is -0.477. The molecule has 0 spiro atoms. The van der Waals surface area contributed by atoms with Crippen molar-refractivity contribution in [3.05, 3.63) is 83.7 Å². The van der Waals surface area contributed by atoms with Gasteiger partial charge in [-0.1, -0.05) is 24.3 Å². The van der Waals surface area contributed by atoms with Gasteiger partial charge in [0, 0.05) is 62.7 Å². The van der Waals surface area contributed by atoms with Gasteiger partial charge in [-0.15, -0.1) is 0 Å². The second-order valence-corrected chi connectivity index (χ2v) is 7.74. The molecule has 7 heteroatoms. The summed E-state index contributed by atoms with van der Waals surface area (Å²) in [5, 5.41) is 13.9. The fourth-order valence-electron chi connectivity index (χ4n) is 4.04. The fraction of sp³-hybridized carbons (Fsp3) is 0.348. The lowest BCUT2D eigenvalue weighted by Crippen LogP contribution is -2.52. The number of piperazine rings is 1. The summed E-state index contributed by atoms with van der Waals surface area (Å²) in [7, 11) is 0. The SMILES string of the molecule is OCCC1CN(Cc2cnn(-c3cccc(F)c3)c2)CCN1Cc1ccccc1F. The minimum atomic E-state index is -0.289. The number of rotatable bonds is 7. The molecule has 1 aliphatic rings. The van der Waals surface area contributed by atoms with E-state index < -0.39 is 0 Å². The number of aliphatic hydroxyl groups excluding tert-OH is 1. The minimum Gasteiger partial charge on any atom is -0.396 e. The summed E-state index contributed by atoms with van der Waals surface area (Å²) in [6, 6.07) is 13.4. The van der Waals surface area contributed by atoms with Crippen molar-refractivity contribution in [1.82, 2.24) is 19.6 Å². The molecule has 2 aromatic carbocycles. The summed E-state index contributed by atoms with van der Waals surface area (Å²) < 4.78 is 29.2. The van der Waals surface area contributed by atoms with Crippen LogP contribution in [0.25, 0.3) is 5.69 Å². The van der Waals surface area contributed by atoms with Gasteiger partial charge in [0.2, 0.25) is 0 Å². The molecule has 0 radical (unpaired) electrons. The van der Waals surface area contributed by atoms with E-state index >= 15 is 0 Å². The van der Waals surface area contributed by atoms with Crippen LogP contribution in [0.15, 0.2) is 60.9 Å². The van der Waals surface area contributed by atoms with Gasteiger partial charge in [-0.2, -0.15) is 5.10 Å². The molecule has 5 nitrogen and oxygen atoms in total. The van der Waals surface area contributed by atoms with Crippen LogP contribution in [0.5, 0.6) is 0 Å². The summed E-state index contributed by atoms with van der Waals surface area (Å²) >= 11 is 0. The van der Waals surface area contributed by atoms with E-state index in [2.05, 4.69) is 14.9 Å². The number of halogens is 2. The largest absolute Gasteiger partial charge is 0.396 e. The van der Waals surface area contributed by atoms with Crippen molar-refractivity contribution in [3.8, 4) is 5.69 Å². The molecule has 30 heavy (non-hydrogen) atoms. The Hall–Kier alpha value is -2.61. The van der Waals surface area contributed by atoms with Crippen molar-refractivity contribution in [2.24, 2.45) is 0 Å². The minimum absolute atomic E-state index is 0.101. The second kappa shape index (κ2) is 9.47. The lowest BCUT2D eigenvalue weighted by atomic mass is 10.1. The van der Waals surface area contributed by atoms with Crippen LogP contribution in [0.2, 0.25) is 0 Å². The van der Waals surface area contributed by atoms with Crippen molar-refractivity contribution in [2.75, 3.05) is 26.2 Å². The summed E-state index contributed by atoms with van der Waals surface area (Å²) in [6.07, 6.45) is 4.37. The van der Waals surface area contributed by atoms with Crippen molar-refractivity contribution in [1.29, 1.82) is 0 Å². The van der Waals surface area contributed by atoms with Crippen molar-refractivity contribution in [2.45, 2.75) is 25.6 Å². The maximum Gasteiger partial charge on any atom is 0.127 e. The maximum atomic E-state index is 14.1. The van der Waals surface area contributed by atoms with Gasteiger partial charge >= 0.3 is 0 Å². The number of hydrogen-bond acceptors (Lipinski definition) is 4. The predicted octanol–water partition coefficient (Wildman–Crippen LogP) is 3.22. The van der Waals surface area contributed by atoms with Crippen LogP contribution in [0.4, 0.5) is 8.78 Å². The average Bonchev–Trinajstić information content (AvgIpc) is 3.20. The van der Waals surface area contributed by atoms with Crippen LogP contribution in [0.1, 0.15) is 17.5 Å². The molecule has 3 aromatic rings. The Morgan fingerprint density at radius 2 is 1.90 bits per heavy atom. The Kier molecular flexibility index (Phi) is 6.52. The Balaban J connectivity index is 1.40. The van der Waals surface area contributed by atoms with Crippen LogP contribution >= 0.6 is 0 Å². The number of nitrogens with zero attached hydrogens (tertiary/aromatic N) is 4. The molecule has 0 aliphatic carbocycles. The first-order valence-corrected chi connectivity index (χ1v) is 10.2. The Morgan fingerprint density at radius 3 is 2.70 bits per heavy atom. The molecule has 2 heterocycles. The fourth-order valence-corrected chi connectivity index (χ4v) is 4.04. The molecule has 1 saturated heterocycles. The number of benzene rings is 2. The summed E-state index contributed by atoms with van der Waals surface area (Å²) in [6.45, 7) is 3.82. The first-order valence-electron chi connectivity index (χ1n) is 10.2. The van der Waals surface area contributed by atoms with E-state index in [1.165, 1.54) is 18.2 Å². The Labute approximate surface area is 175 Å². The van der Waals surface area contributed by atoms with Crippen LogP contribution in [-0.4, -0.2) is 57.0 Å². The molecule has 1 aromatic heterocycles. The highest BCUT2D eigenvalue weighted by Gasteiger charge is 2.27. The quantitative estimate of drug-likeness (QED) is 0.647. The lowest BCUT2D eigenvalue weighted by Gasteiger charge is -2.41. The zero-order valence-electron chi connectivity index (χ0n) is 16.8. The van der Waals surface area contributed by atoms with Crippen LogP contribution in [-0.2, 0) is 13.1 Å². The van der Waals surface area contributed by atoms with Gasteiger partial charge in [0.25, 0.3) is 0 Å². The summed E-state index contributed by atoms with van der Waals surface area (Å²) in [4.78, 5) is 4.58. The molecule has 158 valence electrons. The first kappa shape index (κ1) is 20.7. The molecule has 0 saturated carbocycles. The van der Waals surface area contributed by atoms with E-state index in [1.807, 2.05) is 24.4 Å². The van der Waals surface area contributed by atoms with E-state index in [9.17, 15) is 13.9 Å². The third kappa shape index (κ3) is 4.92. The van der Waals surface area contributed by atoms with Gasteiger partial charge in [-0.3, -0.25) is 9.80 Å². The highest BCUT2D eigenvalue weighted by atomic mass is 19.1. The van der Waals surface area contributed by atoms with Gasteiger partial charge in [0.05, 0.1) is 11.9 Å². The molecule has 1 unspecified atom stereocenters. The molecule has 0 bridgehead atoms. The van der Waals surface area contributed by atoms with E-state index in [-0.39, 0.29) is 24.3 Å². The number of hydrogen-bond donors (Lipinski definition) is 1. The maximum absolute atomic E-state index is 14.1.